The Balaban J connectivity index is 1.40. The number of nitrogens with one attached hydrogen (secondary N) is 1. The summed E-state index contributed by atoms with van der Waals surface area (Å²) in [5.41, 5.74) is 4.42. The van der Waals surface area contributed by atoms with Crippen LogP contribution in [-0.4, -0.2) is 44.2 Å². The molecule has 2 atom stereocenters. The van der Waals surface area contributed by atoms with E-state index >= 15 is 0 Å². The van der Waals surface area contributed by atoms with Crippen molar-refractivity contribution in [3.05, 3.63) is 70.8 Å². The van der Waals surface area contributed by atoms with Gasteiger partial charge in [-0.3, -0.25) is 5.32 Å². The van der Waals surface area contributed by atoms with Crippen LogP contribution in [0.15, 0.2) is 48.5 Å². The summed E-state index contributed by atoms with van der Waals surface area (Å²) >= 11 is 0. The second kappa shape index (κ2) is 9.21. The molecule has 2 aromatic rings. The molecule has 33 heavy (non-hydrogen) atoms. The summed E-state index contributed by atoms with van der Waals surface area (Å²) < 4.78 is 30.6. The maximum Gasteiger partial charge on any atom is 0.154 e. The highest BCUT2D eigenvalue weighted by atomic mass is 32.2. The maximum atomic E-state index is 12.6. The van der Waals surface area contributed by atoms with Gasteiger partial charge in [0.2, 0.25) is 0 Å². The number of nitriles is 1. The molecular weight excluding hydrogens is 432 g/mol. The average molecular weight is 465 g/mol. The van der Waals surface area contributed by atoms with Crippen molar-refractivity contribution in [2.45, 2.75) is 67.7 Å². The molecule has 174 valence electrons. The molecule has 2 fully saturated rings. The van der Waals surface area contributed by atoms with Crippen LogP contribution >= 0.6 is 0 Å². The Morgan fingerprint density at radius 3 is 2.48 bits per heavy atom. The molecule has 1 saturated heterocycles. The van der Waals surface area contributed by atoms with Gasteiger partial charge < -0.3 is 4.74 Å². The number of fused-ring (bicyclic) bond motifs is 1. The topological polar surface area (TPSA) is 79.2 Å². The molecular formula is C27H32N2O3S. The van der Waals surface area contributed by atoms with E-state index in [1.54, 1.807) is 0 Å². The molecule has 2 aromatic carbocycles. The van der Waals surface area contributed by atoms with Gasteiger partial charge in [0.05, 0.1) is 30.3 Å². The fourth-order valence-electron chi connectivity index (χ4n) is 5.39. The highest BCUT2D eigenvalue weighted by Gasteiger charge is 2.43. The number of rotatable bonds is 8. The molecule has 1 aliphatic heterocycles. The molecule has 1 N–H and O–H groups in total. The van der Waals surface area contributed by atoms with Crippen LogP contribution in [0.1, 0.15) is 53.9 Å². The third kappa shape index (κ3) is 4.73. The standard InChI is InChI=1S/C27H32N2O3S/c28-17-27(18-32-19-27)29-26-12-11-22-10-9-21(13-14-33(30,31)23-7-4-8-23)15-24(22)25(26)16-20-5-2-1-3-6-20/h1-3,5-6,9-10,15,23,25-26,29H,4,7-8,11-14,16,18-19H2. The minimum Gasteiger partial charge on any atom is -0.375 e. The van der Waals surface area contributed by atoms with Gasteiger partial charge in [0.15, 0.2) is 15.4 Å². The zero-order valence-electron chi connectivity index (χ0n) is 19.0. The number of sulfone groups is 1. The Morgan fingerprint density at radius 1 is 1.06 bits per heavy atom. The zero-order valence-corrected chi connectivity index (χ0v) is 19.8. The Morgan fingerprint density at radius 2 is 1.85 bits per heavy atom. The zero-order chi connectivity index (χ0) is 22.9. The van der Waals surface area contributed by atoms with Crippen molar-refractivity contribution in [3.63, 3.8) is 0 Å². The first kappa shape index (κ1) is 22.6. The van der Waals surface area contributed by atoms with E-state index in [0.717, 1.165) is 44.1 Å². The van der Waals surface area contributed by atoms with Crippen LogP contribution in [0.4, 0.5) is 0 Å². The first-order valence-corrected chi connectivity index (χ1v) is 13.8. The molecule has 1 heterocycles. The Bertz CT molecular complexity index is 1130. The van der Waals surface area contributed by atoms with Crippen LogP contribution in [-0.2, 0) is 33.8 Å². The Kier molecular flexibility index (Phi) is 6.30. The normalized spacial score (nSPS) is 24.2. The maximum absolute atomic E-state index is 12.6. The number of hydrogen-bond donors (Lipinski definition) is 1. The molecule has 6 heteroatoms. The van der Waals surface area contributed by atoms with Gasteiger partial charge in [0.25, 0.3) is 0 Å². The van der Waals surface area contributed by atoms with Crippen molar-refractivity contribution >= 4 is 9.84 Å². The van der Waals surface area contributed by atoms with Gasteiger partial charge in [-0.2, -0.15) is 5.26 Å². The van der Waals surface area contributed by atoms with Crippen LogP contribution in [0.5, 0.6) is 0 Å². The summed E-state index contributed by atoms with van der Waals surface area (Å²) in [5.74, 6) is 0.460. The summed E-state index contributed by atoms with van der Waals surface area (Å²) in [6, 6.07) is 19.6. The lowest BCUT2D eigenvalue weighted by Gasteiger charge is -2.43. The number of nitrogens with zero attached hydrogens (tertiary/aromatic N) is 1. The molecule has 0 radical (unpaired) electrons. The number of ether oxygens (including phenoxy) is 1. The minimum absolute atomic E-state index is 0.124. The quantitative estimate of drug-likeness (QED) is 0.644. The van der Waals surface area contributed by atoms with Crippen LogP contribution in [0.25, 0.3) is 0 Å². The third-order valence-electron chi connectivity index (χ3n) is 7.73. The van der Waals surface area contributed by atoms with E-state index in [-0.39, 0.29) is 23.0 Å². The third-order valence-corrected chi connectivity index (χ3v) is 9.99. The molecule has 1 saturated carbocycles. The molecule has 2 unspecified atom stereocenters. The van der Waals surface area contributed by atoms with E-state index < -0.39 is 15.4 Å². The van der Waals surface area contributed by atoms with Gasteiger partial charge in [-0.25, -0.2) is 8.42 Å². The Labute approximate surface area is 197 Å². The predicted octanol–water partition coefficient (Wildman–Crippen LogP) is 3.72. The van der Waals surface area contributed by atoms with Crippen LogP contribution in [0, 0.1) is 11.3 Å². The number of hydrogen-bond acceptors (Lipinski definition) is 5. The molecule has 2 aliphatic carbocycles. The first-order chi connectivity index (χ1) is 16.0. The largest absolute Gasteiger partial charge is 0.375 e. The molecule has 3 aliphatic rings. The van der Waals surface area contributed by atoms with E-state index in [9.17, 15) is 13.7 Å². The summed E-state index contributed by atoms with van der Waals surface area (Å²) in [6.07, 6.45) is 6.07. The molecule has 0 bridgehead atoms. The minimum atomic E-state index is -3.00. The van der Waals surface area contributed by atoms with Crippen LogP contribution in [0.2, 0.25) is 0 Å². The fraction of sp³-hybridized carbons (Fsp3) is 0.519. The van der Waals surface area contributed by atoms with Gasteiger partial charge in [0.1, 0.15) is 0 Å². The lowest BCUT2D eigenvalue weighted by molar-refractivity contribution is -0.0510. The lowest BCUT2D eigenvalue weighted by Crippen LogP contribution is -2.63. The summed E-state index contributed by atoms with van der Waals surface area (Å²) in [7, 11) is -3.00. The average Bonchev–Trinajstić information content (AvgIpc) is 2.75. The smallest absolute Gasteiger partial charge is 0.154 e. The van der Waals surface area contributed by atoms with E-state index in [1.165, 1.54) is 16.7 Å². The molecule has 5 nitrogen and oxygen atoms in total. The molecule has 5 rings (SSSR count). The van der Waals surface area contributed by atoms with Crippen LogP contribution < -0.4 is 5.32 Å². The molecule has 0 aromatic heterocycles. The van der Waals surface area contributed by atoms with E-state index in [1.807, 2.05) is 6.07 Å². The van der Waals surface area contributed by atoms with Gasteiger partial charge in [0, 0.05) is 12.0 Å². The van der Waals surface area contributed by atoms with Crippen molar-refractivity contribution in [3.8, 4) is 6.07 Å². The monoisotopic (exact) mass is 464 g/mol. The second-order valence-electron chi connectivity index (χ2n) is 9.98. The van der Waals surface area contributed by atoms with Crippen molar-refractivity contribution in [1.82, 2.24) is 5.32 Å². The predicted molar refractivity (Wildman–Crippen MR) is 129 cm³/mol. The van der Waals surface area contributed by atoms with Crippen LogP contribution in [0.3, 0.4) is 0 Å². The summed E-state index contributed by atoms with van der Waals surface area (Å²) in [5, 5.41) is 13.3. The summed E-state index contributed by atoms with van der Waals surface area (Å²) in [6.45, 7) is 0.869. The van der Waals surface area contributed by atoms with Crippen molar-refractivity contribution in [2.24, 2.45) is 0 Å². The van der Waals surface area contributed by atoms with Crippen molar-refractivity contribution in [2.75, 3.05) is 19.0 Å². The number of benzene rings is 2. The Hall–Kier alpha value is -2.20. The SMILES string of the molecule is N#CC1(NC2CCc3ccc(CCS(=O)(=O)C4CCC4)cc3C2Cc2ccccc2)COC1. The van der Waals surface area contributed by atoms with Gasteiger partial charge in [-0.05, 0) is 60.8 Å². The summed E-state index contributed by atoms with van der Waals surface area (Å²) in [4.78, 5) is 0. The first-order valence-electron chi connectivity index (χ1n) is 12.1. The second-order valence-corrected chi connectivity index (χ2v) is 12.4. The molecule has 0 amide bonds. The van der Waals surface area contributed by atoms with Crippen molar-refractivity contribution in [1.29, 1.82) is 5.26 Å². The van der Waals surface area contributed by atoms with Crippen molar-refractivity contribution < 1.29 is 13.2 Å². The lowest BCUT2D eigenvalue weighted by atomic mass is 9.74. The molecule has 0 spiro atoms. The number of aryl methyl sites for hydroxylation is 2. The van der Waals surface area contributed by atoms with E-state index in [0.29, 0.717) is 19.6 Å². The highest BCUT2D eigenvalue weighted by Crippen LogP contribution is 2.37. The van der Waals surface area contributed by atoms with E-state index in [2.05, 4.69) is 53.9 Å². The van der Waals surface area contributed by atoms with Gasteiger partial charge in [-0.1, -0.05) is 55.0 Å². The van der Waals surface area contributed by atoms with Gasteiger partial charge in [-0.15, -0.1) is 0 Å². The van der Waals surface area contributed by atoms with E-state index in [4.69, 9.17) is 4.74 Å². The highest BCUT2D eigenvalue weighted by molar-refractivity contribution is 7.92. The fourth-order valence-corrected chi connectivity index (χ4v) is 7.30. The van der Waals surface area contributed by atoms with Gasteiger partial charge >= 0.3 is 0 Å².